The number of imidazole rings is 1. The summed E-state index contributed by atoms with van der Waals surface area (Å²) in [4.78, 5) is 4.49. The minimum atomic E-state index is -3.31. The summed E-state index contributed by atoms with van der Waals surface area (Å²) >= 11 is 0. The summed E-state index contributed by atoms with van der Waals surface area (Å²) in [6.07, 6.45) is 3.78. The first-order valence-corrected chi connectivity index (χ1v) is 7.66. The molecule has 19 heavy (non-hydrogen) atoms. The van der Waals surface area contributed by atoms with Crippen LogP contribution in [0.4, 0.5) is 0 Å². The van der Waals surface area contributed by atoms with Crippen molar-refractivity contribution < 1.29 is 13.2 Å². The van der Waals surface area contributed by atoms with Gasteiger partial charge in [-0.1, -0.05) is 6.07 Å². The first-order valence-electron chi connectivity index (χ1n) is 6.05. The molecular weight excluding hydrogens is 266 g/mol. The Morgan fingerprint density at radius 1 is 1.47 bits per heavy atom. The molecule has 2 aromatic heterocycles. The molecule has 0 bridgehead atoms. The molecule has 0 N–H and O–H groups in total. The van der Waals surface area contributed by atoms with Crippen LogP contribution in [0.25, 0.3) is 5.65 Å². The van der Waals surface area contributed by atoms with Gasteiger partial charge >= 0.3 is 0 Å². The molecule has 0 amide bonds. The molecule has 0 spiro atoms. The molecule has 6 nitrogen and oxygen atoms in total. The van der Waals surface area contributed by atoms with Crippen LogP contribution in [0.1, 0.15) is 11.3 Å². The fourth-order valence-electron chi connectivity index (χ4n) is 2.18. The van der Waals surface area contributed by atoms with E-state index in [-0.39, 0.29) is 5.94 Å². The lowest BCUT2D eigenvalue weighted by molar-refractivity contribution is 0.130. The molecule has 1 fully saturated rings. The van der Waals surface area contributed by atoms with Crippen molar-refractivity contribution >= 4 is 15.7 Å². The van der Waals surface area contributed by atoms with Crippen molar-refractivity contribution in [1.29, 1.82) is 0 Å². The smallest absolute Gasteiger partial charge is 0.238 e. The SMILES string of the molecule is Cc1cccn2cc(CN3CCOCS3(=O)=O)nc12. The molecule has 0 radical (unpaired) electrons. The van der Waals surface area contributed by atoms with E-state index in [2.05, 4.69) is 4.98 Å². The van der Waals surface area contributed by atoms with Crippen LogP contribution >= 0.6 is 0 Å². The van der Waals surface area contributed by atoms with Crippen molar-refractivity contribution in [2.75, 3.05) is 19.1 Å². The Hall–Kier alpha value is -1.44. The van der Waals surface area contributed by atoms with Crippen molar-refractivity contribution in [3.05, 3.63) is 35.8 Å². The van der Waals surface area contributed by atoms with Crippen LogP contribution in [0.3, 0.4) is 0 Å². The second-order valence-electron chi connectivity index (χ2n) is 4.63. The Morgan fingerprint density at radius 2 is 2.32 bits per heavy atom. The van der Waals surface area contributed by atoms with E-state index >= 15 is 0 Å². The Kier molecular flexibility index (Phi) is 3.04. The summed E-state index contributed by atoms with van der Waals surface area (Å²) in [5.41, 5.74) is 2.68. The summed E-state index contributed by atoms with van der Waals surface area (Å²) < 4.78 is 32.0. The zero-order valence-electron chi connectivity index (χ0n) is 10.6. The van der Waals surface area contributed by atoms with Crippen molar-refractivity contribution in [3.63, 3.8) is 0 Å². The highest BCUT2D eigenvalue weighted by atomic mass is 32.2. The van der Waals surface area contributed by atoms with Gasteiger partial charge in [0.05, 0.1) is 18.8 Å². The van der Waals surface area contributed by atoms with Gasteiger partial charge in [-0.25, -0.2) is 13.4 Å². The van der Waals surface area contributed by atoms with Gasteiger partial charge in [0.2, 0.25) is 10.0 Å². The third-order valence-corrected chi connectivity index (χ3v) is 4.74. The number of aryl methyl sites for hydroxylation is 1. The van der Waals surface area contributed by atoms with Gasteiger partial charge in [0, 0.05) is 18.9 Å². The van der Waals surface area contributed by atoms with Gasteiger partial charge < -0.3 is 9.14 Å². The van der Waals surface area contributed by atoms with Crippen LogP contribution < -0.4 is 0 Å². The first-order chi connectivity index (χ1) is 9.06. The highest BCUT2D eigenvalue weighted by molar-refractivity contribution is 7.88. The Balaban J connectivity index is 1.91. The van der Waals surface area contributed by atoms with Gasteiger partial charge in [-0.05, 0) is 18.6 Å². The summed E-state index contributed by atoms with van der Waals surface area (Å²) in [6.45, 7) is 3.10. The third kappa shape index (κ3) is 2.36. The lowest BCUT2D eigenvalue weighted by Crippen LogP contribution is -2.40. The maximum atomic E-state index is 11.8. The first kappa shape index (κ1) is 12.6. The van der Waals surface area contributed by atoms with Crippen molar-refractivity contribution in [1.82, 2.24) is 13.7 Å². The normalized spacial score (nSPS) is 19.8. The third-order valence-electron chi connectivity index (χ3n) is 3.18. The number of hydrogen-bond donors (Lipinski definition) is 0. The molecule has 1 saturated heterocycles. The zero-order valence-corrected chi connectivity index (χ0v) is 11.4. The number of aromatic nitrogens is 2. The lowest BCUT2D eigenvalue weighted by Gasteiger charge is -2.25. The molecule has 3 rings (SSSR count). The minimum Gasteiger partial charge on any atom is -0.363 e. The summed E-state index contributed by atoms with van der Waals surface area (Å²) in [5, 5.41) is 0. The van der Waals surface area contributed by atoms with E-state index in [4.69, 9.17) is 4.74 Å². The van der Waals surface area contributed by atoms with Gasteiger partial charge in [0.15, 0.2) is 5.94 Å². The second kappa shape index (κ2) is 4.59. The van der Waals surface area contributed by atoms with Crippen molar-refractivity contribution in [2.24, 2.45) is 0 Å². The van der Waals surface area contributed by atoms with Gasteiger partial charge in [-0.15, -0.1) is 0 Å². The molecule has 0 saturated carbocycles. The highest BCUT2D eigenvalue weighted by Crippen LogP contribution is 2.15. The molecule has 0 aromatic carbocycles. The summed E-state index contributed by atoms with van der Waals surface area (Å²) in [7, 11) is -3.31. The van der Waals surface area contributed by atoms with E-state index in [1.165, 1.54) is 4.31 Å². The largest absolute Gasteiger partial charge is 0.363 e. The van der Waals surface area contributed by atoms with Crippen LogP contribution in [0.5, 0.6) is 0 Å². The molecule has 0 unspecified atom stereocenters. The maximum absolute atomic E-state index is 11.8. The maximum Gasteiger partial charge on any atom is 0.238 e. The molecule has 1 aliphatic heterocycles. The monoisotopic (exact) mass is 281 g/mol. The molecule has 7 heteroatoms. The number of ether oxygens (including phenoxy) is 1. The van der Waals surface area contributed by atoms with Crippen LogP contribution in [0.2, 0.25) is 0 Å². The minimum absolute atomic E-state index is 0.237. The molecule has 1 aliphatic rings. The highest BCUT2D eigenvalue weighted by Gasteiger charge is 2.27. The van der Waals surface area contributed by atoms with Crippen molar-refractivity contribution in [2.45, 2.75) is 13.5 Å². The number of hydrogen-bond acceptors (Lipinski definition) is 4. The lowest BCUT2D eigenvalue weighted by atomic mass is 10.3. The Morgan fingerprint density at radius 3 is 3.05 bits per heavy atom. The van der Waals surface area contributed by atoms with Crippen LogP contribution in [0.15, 0.2) is 24.5 Å². The molecule has 0 aliphatic carbocycles. The molecule has 0 atom stereocenters. The summed E-state index contributed by atoms with van der Waals surface area (Å²) in [5.74, 6) is -0.237. The van der Waals surface area contributed by atoms with Crippen LogP contribution in [-0.4, -0.2) is 41.2 Å². The van der Waals surface area contributed by atoms with Crippen molar-refractivity contribution in [3.8, 4) is 0 Å². The quantitative estimate of drug-likeness (QED) is 0.815. The van der Waals surface area contributed by atoms with Gasteiger partial charge in [-0.2, -0.15) is 4.31 Å². The fraction of sp³-hybridized carbons (Fsp3) is 0.417. The van der Waals surface area contributed by atoms with Gasteiger partial charge in [0.25, 0.3) is 0 Å². The molecule has 2 aromatic rings. The molecule has 102 valence electrons. The van der Waals surface area contributed by atoms with Crippen LogP contribution in [0, 0.1) is 6.92 Å². The second-order valence-corrected chi connectivity index (χ2v) is 6.54. The molecular formula is C12H15N3O3S. The number of rotatable bonds is 2. The van der Waals surface area contributed by atoms with Gasteiger partial charge in [-0.3, -0.25) is 0 Å². The Labute approximate surface area is 111 Å². The predicted molar refractivity (Wildman–Crippen MR) is 70.1 cm³/mol. The number of nitrogens with zero attached hydrogens (tertiary/aromatic N) is 3. The van der Waals surface area contributed by atoms with Crippen LogP contribution in [-0.2, 0) is 21.3 Å². The standard InChI is InChI=1S/C12H15N3O3S/c1-10-3-2-4-14-7-11(13-12(10)14)8-15-5-6-18-9-19(15,16)17/h2-4,7H,5-6,8-9H2,1H3. The van der Waals surface area contributed by atoms with E-state index in [9.17, 15) is 8.42 Å². The topological polar surface area (TPSA) is 63.9 Å². The molecule has 3 heterocycles. The summed E-state index contributed by atoms with van der Waals surface area (Å²) in [6, 6.07) is 3.93. The van der Waals surface area contributed by atoms with E-state index in [0.29, 0.717) is 19.7 Å². The number of fused-ring (bicyclic) bond motifs is 1. The average molecular weight is 281 g/mol. The van der Waals surface area contributed by atoms with E-state index in [1.54, 1.807) is 0 Å². The van der Waals surface area contributed by atoms with E-state index in [0.717, 1.165) is 16.9 Å². The zero-order chi connectivity index (χ0) is 13.5. The van der Waals surface area contributed by atoms with E-state index in [1.807, 2.05) is 35.9 Å². The Bertz CT molecular complexity index is 708. The fourth-order valence-corrected chi connectivity index (χ4v) is 3.34. The van der Waals surface area contributed by atoms with Gasteiger partial charge in [0.1, 0.15) is 5.65 Å². The number of pyridine rings is 1. The average Bonchev–Trinajstić information content (AvgIpc) is 2.76. The van der Waals surface area contributed by atoms with E-state index < -0.39 is 10.0 Å². The number of sulfonamides is 1. The predicted octanol–water partition coefficient (Wildman–Crippen LogP) is 0.762.